The molecule has 0 aliphatic carbocycles. The molecule has 0 radical (unpaired) electrons. The van der Waals surface area contributed by atoms with E-state index in [2.05, 4.69) is 4.74 Å². The van der Waals surface area contributed by atoms with Gasteiger partial charge in [-0.05, 0) is 52.3 Å². The lowest BCUT2D eigenvalue weighted by Crippen LogP contribution is -2.23. The fourth-order valence-electron chi connectivity index (χ4n) is 4.13. The van der Waals surface area contributed by atoms with Crippen LogP contribution in [-0.2, 0) is 18.6 Å². The van der Waals surface area contributed by atoms with E-state index in [1.165, 1.54) is 19.2 Å². The van der Waals surface area contributed by atoms with E-state index in [1.54, 1.807) is 18.2 Å². The zero-order chi connectivity index (χ0) is 26.4. The second-order valence-corrected chi connectivity index (χ2v) is 10.1. The highest BCUT2D eigenvalue weighted by molar-refractivity contribution is 7.39. The Morgan fingerprint density at radius 1 is 1.17 bits per heavy atom. The van der Waals surface area contributed by atoms with Crippen molar-refractivity contribution in [2.45, 2.75) is 44.9 Å². The lowest BCUT2D eigenvalue weighted by atomic mass is 9.88. The number of carbonyl (C=O) groups excluding carboxylic acids is 1. The van der Waals surface area contributed by atoms with Crippen molar-refractivity contribution >= 4 is 14.0 Å². The van der Waals surface area contributed by atoms with Crippen LogP contribution in [0.3, 0.4) is 0 Å². The van der Waals surface area contributed by atoms with Crippen LogP contribution in [0.15, 0.2) is 54.6 Å². The number of benzene rings is 2. The maximum atomic E-state index is 13.8. The molecule has 0 amide bonds. The number of ether oxygens (including phenoxy) is 1. The van der Waals surface area contributed by atoms with Gasteiger partial charge in [0.05, 0.1) is 24.9 Å². The Balaban J connectivity index is 2.35. The number of aryl methyl sites for hydroxylation is 1. The normalized spacial score (nSPS) is 13.1. The maximum absolute atomic E-state index is 13.8. The van der Waals surface area contributed by atoms with Gasteiger partial charge in [-0.2, -0.15) is 0 Å². The lowest BCUT2D eigenvalue weighted by molar-refractivity contribution is -0.139. The number of esters is 1. The SMILES string of the molecule is C#COC(=O)CC(O)C(c1c(-c2ccc(F)cc2)cc(-c2ccccc2C)nc1C(C)C)[P+](=O)OC. The minimum Gasteiger partial charge on any atom is -0.387 e. The first-order chi connectivity index (χ1) is 17.2. The van der Waals surface area contributed by atoms with Crippen molar-refractivity contribution in [1.29, 1.82) is 0 Å². The molecule has 0 spiro atoms. The molecule has 3 aromatic rings. The Labute approximate surface area is 211 Å². The van der Waals surface area contributed by atoms with Crippen LogP contribution < -0.4 is 0 Å². The summed E-state index contributed by atoms with van der Waals surface area (Å²) in [5.74, 6) is -1.40. The number of carbonyl (C=O) groups is 1. The molecule has 3 rings (SSSR count). The zero-order valence-electron chi connectivity index (χ0n) is 20.6. The van der Waals surface area contributed by atoms with Gasteiger partial charge in [0, 0.05) is 11.1 Å². The smallest absolute Gasteiger partial charge is 0.387 e. The van der Waals surface area contributed by atoms with Gasteiger partial charge in [-0.25, -0.2) is 4.39 Å². The van der Waals surface area contributed by atoms with Crippen molar-refractivity contribution < 1.29 is 28.1 Å². The first kappa shape index (κ1) is 27.2. The molecule has 8 heteroatoms. The average Bonchev–Trinajstić information content (AvgIpc) is 2.84. The second kappa shape index (κ2) is 12.0. The first-order valence-electron chi connectivity index (χ1n) is 11.4. The summed E-state index contributed by atoms with van der Waals surface area (Å²) in [5.41, 5.74) is 3.71. The van der Waals surface area contributed by atoms with Crippen molar-refractivity contribution in [1.82, 2.24) is 4.98 Å². The number of hydrogen-bond donors (Lipinski definition) is 1. The Morgan fingerprint density at radius 3 is 2.42 bits per heavy atom. The number of halogens is 1. The fraction of sp³-hybridized carbons (Fsp3) is 0.286. The maximum Gasteiger partial charge on any atom is 0.518 e. The van der Waals surface area contributed by atoms with E-state index in [1.807, 2.05) is 51.1 Å². The number of aromatic nitrogens is 1. The molecule has 0 bridgehead atoms. The van der Waals surface area contributed by atoms with Gasteiger partial charge in [0.1, 0.15) is 18.0 Å². The number of terminal acetylenes is 1. The van der Waals surface area contributed by atoms with Gasteiger partial charge in [0.25, 0.3) is 0 Å². The van der Waals surface area contributed by atoms with E-state index < -0.39 is 38.0 Å². The Kier molecular flexibility index (Phi) is 9.06. The molecule has 0 saturated heterocycles. The molecule has 6 nitrogen and oxygen atoms in total. The summed E-state index contributed by atoms with van der Waals surface area (Å²) < 4.78 is 36.7. The highest BCUT2D eigenvalue weighted by Gasteiger charge is 2.45. The predicted octanol–water partition coefficient (Wildman–Crippen LogP) is 6.30. The number of pyridine rings is 1. The molecule has 0 aliphatic rings. The zero-order valence-corrected chi connectivity index (χ0v) is 21.5. The van der Waals surface area contributed by atoms with E-state index in [9.17, 15) is 18.9 Å². The van der Waals surface area contributed by atoms with Crippen molar-refractivity contribution in [3.05, 3.63) is 77.2 Å². The van der Waals surface area contributed by atoms with Crippen LogP contribution >= 0.6 is 8.03 Å². The van der Waals surface area contributed by atoms with Gasteiger partial charge in [0.2, 0.25) is 5.66 Å². The van der Waals surface area contributed by atoms with Gasteiger partial charge in [-0.15, -0.1) is 4.52 Å². The van der Waals surface area contributed by atoms with Gasteiger partial charge < -0.3 is 9.84 Å². The predicted molar refractivity (Wildman–Crippen MR) is 137 cm³/mol. The number of rotatable bonds is 9. The molecule has 1 N–H and O–H groups in total. The third kappa shape index (κ3) is 6.03. The van der Waals surface area contributed by atoms with Gasteiger partial charge in [0.15, 0.2) is 0 Å². The number of hydrogen-bond acceptors (Lipinski definition) is 6. The number of aliphatic hydroxyl groups is 1. The largest absolute Gasteiger partial charge is 0.518 e. The molecule has 0 fully saturated rings. The van der Waals surface area contributed by atoms with E-state index >= 15 is 0 Å². The second-order valence-electron chi connectivity index (χ2n) is 8.61. The Morgan fingerprint density at radius 2 is 1.83 bits per heavy atom. The minimum atomic E-state index is -2.49. The molecule has 1 aromatic heterocycles. The molecule has 1 heterocycles. The van der Waals surface area contributed by atoms with Crippen LogP contribution in [0.4, 0.5) is 4.39 Å². The van der Waals surface area contributed by atoms with Crippen molar-refractivity contribution in [2.24, 2.45) is 0 Å². The van der Waals surface area contributed by atoms with Crippen molar-refractivity contribution in [3.63, 3.8) is 0 Å². The van der Waals surface area contributed by atoms with Crippen LogP contribution in [0.2, 0.25) is 0 Å². The summed E-state index contributed by atoms with van der Waals surface area (Å²) in [6.07, 6.45) is 4.88. The third-order valence-electron chi connectivity index (χ3n) is 5.83. The summed E-state index contributed by atoms with van der Waals surface area (Å²) in [5, 5.41) is 11.1. The molecular weight excluding hydrogens is 480 g/mol. The molecule has 3 atom stereocenters. The summed E-state index contributed by atoms with van der Waals surface area (Å²) in [4.78, 5) is 17.0. The Hall–Kier alpha value is -3.43. The van der Waals surface area contributed by atoms with Gasteiger partial charge in [-0.3, -0.25) is 9.78 Å². The molecule has 36 heavy (non-hydrogen) atoms. The quantitative estimate of drug-likeness (QED) is 0.207. The lowest BCUT2D eigenvalue weighted by Gasteiger charge is -2.23. The molecular formula is C28H28FNO5P+. The molecule has 0 saturated carbocycles. The fourth-order valence-corrected chi connectivity index (χ4v) is 5.23. The summed E-state index contributed by atoms with van der Waals surface area (Å²) in [6, 6.07) is 15.5. The van der Waals surface area contributed by atoms with Gasteiger partial charge >= 0.3 is 14.0 Å². The highest BCUT2D eigenvalue weighted by atomic mass is 31.1. The topological polar surface area (TPSA) is 85.7 Å². The van der Waals surface area contributed by atoms with Crippen LogP contribution in [0.5, 0.6) is 0 Å². The molecule has 2 aromatic carbocycles. The van der Waals surface area contributed by atoms with Gasteiger partial charge in [-0.1, -0.05) is 56.7 Å². The minimum absolute atomic E-state index is 0.157. The standard InChI is InChI=1S/C28H28FNO5P/c1-6-35-25(32)16-24(31)28(36(33)34-5)26-22(19-11-13-20(29)14-12-19)15-23(30-27(26)17(2)3)21-10-8-7-9-18(21)4/h1,7-15,17,24,28,31H,16H2,2-5H3/q+1. The van der Waals surface area contributed by atoms with E-state index in [0.29, 0.717) is 28.1 Å². The third-order valence-corrected chi connectivity index (χ3v) is 7.24. The van der Waals surface area contributed by atoms with E-state index in [4.69, 9.17) is 15.9 Å². The average molecular weight is 509 g/mol. The summed E-state index contributed by atoms with van der Waals surface area (Å²) in [6.45, 7) is 5.83. The van der Waals surface area contributed by atoms with Crippen LogP contribution in [0, 0.1) is 25.3 Å². The van der Waals surface area contributed by atoms with E-state index in [0.717, 1.165) is 11.1 Å². The van der Waals surface area contributed by atoms with Crippen molar-refractivity contribution in [2.75, 3.05) is 7.11 Å². The number of nitrogens with zero attached hydrogens (tertiary/aromatic N) is 1. The molecule has 3 unspecified atom stereocenters. The summed E-state index contributed by atoms with van der Waals surface area (Å²) >= 11 is 0. The van der Waals surface area contributed by atoms with E-state index in [-0.39, 0.29) is 5.92 Å². The molecule has 0 aliphatic heterocycles. The summed E-state index contributed by atoms with van der Waals surface area (Å²) in [7, 11) is -1.23. The van der Waals surface area contributed by atoms with Crippen LogP contribution in [0.25, 0.3) is 22.4 Å². The highest BCUT2D eigenvalue weighted by Crippen LogP contribution is 2.50. The van der Waals surface area contributed by atoms with Crippen LogP contribution in [0.1, 0.15) is 48.7 Å². The first-order valence-corrected chi connectivity index (χ1v) is 12.6. The molecule has 186 valence electrons. The van der Waals surface area contributed by atoms with Crippen molar-refractivity contribution in [3.8, 4) is 34.9 Å². The van der Waals surface area contributed by atoms with Crippen LogP contribution in [-0.4, -0.2) is 29.3 Å². The monoisotopic (exact) mass is 508 g/mol. The number of aliphatic hydroxyl groups excluding tert-OH is 1. The Bertz CT molecular complexity index is 1300.